The van der Waals surface area contributed by atoms with Crippen LogP contribution in [0.2, 0.25) is 5.02 Å². The maximum atomic E-state index is 11.9. The molecule has 0 aliphatic heterocycles. The number of hydrogen-bond acceptors (Lipinski definition) is 1. The lowest BCUT2D eigenvalue weighted by Gasteiger charge is -2.08. The minimum atomic E-state index is -4.07. The summed E-state index contributed by atoms with van der Waals surface area (Å²) < 4.78 is 36.5. The summed E-state index contributed by atoms with van der Waals surface area (Å²) in [7, 11) is 0. The van der Waals surface area contributed by atoms with Gasteiger partial charge >= 0.3 is 6.18 Å². The van der Waals surface area contributed by atoms with Crippen molar-refractivity contribution in [2.24, 2.45) is 0 Å². The van der Waals surface area contributed by atoms with Gasteiger partial charge in [0.15, 0.2) is 0 Å². The molecule has 0 heterocycles. The van der Waals surface area contributed by atoms with Crippen molar-refractivity contribution < 1.29 is 13.2 Å². The minimum absolute atomic E-state index is 0.0785. The van der Waals surface area contributed by atoms with E-state index in [1.54, 1.807) is 6.07 Å². The zero-order valence-corrected chi connectivity index (χ0v) is 11.3. The van der Waals surface area contributed by atoms with Crippen LogP contribution >= 0.6 is 27.5 Å². The Bertz CT molecular complexity index is 368. The molecule has 1 rings (SSSR count). The standard InChI is InChI=1S/C11H12BrClF3N/c12-9-2-3-10(13)8(6-9)7-17-5-1-4-11(14,15)16/h2-3,6,17H,1,4-5,7H2. The molecule has 0 amide bonds. The highest BCUT2D eigenvalue weighted by Crippen LogP contribution is 2.22. The number of rotatable bonds is 5. The van der Waals surface area contributed by atoms with E-state index in [1.165, 1.54) is 0 Å². The summed E-state index contributed by atoms with van der Waals surface area (Å²) in [5.74, 6) is 0. The molecule has 0 aliphatic rings. The number of benzene rings is 1. The Morgan fingerprint density at radius 2 is 2.00 bits per heavy atom. The van der Waals surface area contributed by atoms with Gasteiger partial charge in [-0.05, 0) is 36.7 Å². The van der Waals surface area contributed by atoms with Crippen LogP contribution < -0.4 is 5.32 Å². The first-order valence-corrected chi connectivity index (χ1v) is 6.27. The maximum absolute atomic E-state index is 11.9. The first-order chi connectivity index (χ1) is 7.88. The summed E-state index contributed by atoms with van der Waals surface area (Å²) in [6.45, 7) is 0.790. The van der Waals surface area contributed by atoms with E-state index in [9.17, 15) is 13.2 Å². The lowest BCUT2D eigenvalue weighted by atomic mass is 10.2. The molecule has 0 radical (unpaired) electrons. The van der Waals surface area contributed by atoms with Crippen molar-refractivity contribution >= 4 is 27.5 Å². The van der Waals surface area contributed by atoms with Gasteiger partial charge in [0.1, 0.15) is 0 Å². The lowest BCUT2D eigenvalue weighted by molar-refractivity contribution is -0.135. The second kappa shape index (κ2) is 6.61. The first-order valence-electron chi connectivity index (χ1n) is 5.10. The number of nitrogens with one attached hydrogen (secondary N) is 1. The predicted octanol–water partition coefficient (Wildman–Crippen LogP) is 4.53. The molecule has 0 aliphatic carbocycles. The van der Waals surface area contributed by atoms with Crippen molar-refractivity contribution in [2.45, 2.75) is 25.6 Å². The van der Waals surface area contributed by atoms with E-state index < -0.39 is 12.6 Å². The summed E-state index contributed by atoms with van der Waals surface area (Å²) in [5.41, 5.74) is 0.869. The minimum Gasteiger partial charge on any atom is -0.313 e. The van der Waals surface area contributed by atoms with Gasteiger partial charge in [-0.15, -0.1) is 0 Å². The topological polar surface area (TPSA) is 12.0 Å². The van der Waals surface area contributed by atoms with Gasteiger partial charge < -0.3 is 5.32 Å². The van der Waals surface area contributed by atoms with Crippen molar-refractivity contribution in [3.63, 3.8) is 0 Å². The van der Waals surface area contributed by atoms with Crippen LogP contribution in [0.4, 0.5) is 13.2 Å². The van der Waals surface area contributed by atoms with E-state index >= 15 is 0 Å². The van der Waals surface area contributed by atoms with Gasteiger partial charge in [0, 0.05) is 22.5 Å². The van der Waals surface area contributed by atoms with Crippen molar-refractivity contribution in [1.29, 1.82) is 0 Å². The monoisotopic (exact) mass is 329 g/mol. The third-order valence-electron chi connectivity index (χ3n) is 2.14. The molecule has 96 valence electrons. The average Bonchev–Trinajstić information content (AvgIpc) is 2.21. The molecule has 1 N–H and O–H groups in total. The number of hydrogen-bond donors (Lipinski definition) is 1. The van der Waals surface area contributed by atoms with Crippen molar-refractivity contribution in [3.05, 3.63) is 33.3 Å². The molecule has 0 bridgehead atoms. The highest BCUT2D eigenvalue weighted by Gasteiger charge is 2.25. The highest BCUT2D eigenvalue weighted by atomic mass is 79.9. The molecule has 0 fully saturated rings. The fourth-order valence-corrected chi connectivity index (χ4v) is 1.91. The number of alkyl halides is 3. The Morgan fingerprint density at radius 1 is 1.29 bits per heavy atom. The van der Waals surface area contributed by atoms with Gasteiger partial charge in [-0.3, -0.25) is 0 Å². The smallest absolute Gasteiger partial charge is 0.313 e. The molecule has 1 nitrogen and oxygen atoms in total. The van der Waals surface area contributed by atoms with Gasteiger partial charge in [0.05, 0.1) is 0 Å². The molecule has 0 saturated heterocycles. The van der Waals surface area contributed by atoms with Crippen LogP contribution in [0.5, 0.6) is 0 Å². The van der Waals surface area contributed by atoms with Gasteiger partial charge in [-0.25, -0.2) is 0 Å². The average molecular weight is 331 g/mol. The van der Waals surface area contributed by atoms with Crippen LogP contribution in [0.1, 0.15) is 18.4 Å². The van der Waals surface area contributed by atoms with E-state index in [0.29, 0.717) is 18.1 Å². The fourth-order valence-electron chi connectivity index (χ4n) is 1.32. The van der Waals surface area contributed by atoms with Crippen LogP contribution in [0.25, 0.3) is 0 Å². The fraction of sp³-hybridized carbons (Fsp3) is 0.455. The molecule has 17 heavy (non-hydrogen) atoms. The van der Waals surface area contributed by atoms with E-state index in [4.69, 9.17) is 11.6 Å². The second-order valence-corrected chi connectivity index (χ2v) is 4.95. The molecule has 1 aromatic rings. The third-order valence-corrected chi connectivity index (χ3v) is 3.00. The molecule has 0 atom stereocenters. The Kier molecular flexibility index (Phi) is 5.76. The molecule has 0 aromatic heterocycles. The van der Waals surface area contributed by atoms with E-state index in [-0.39, 0.29) is 6.42 Å². The molecule has 0 unspecified atom stereocenters. The molecule has 0 saturated carbocycles. The van der Waals surface area contributed by atoms with Crippen LogP contribution in [-0.2, 0) is 6.54 Å². The molecular weight excluding hydrogens is 318 g/mol. The van der Waals surface area contributed by atoms with Crippen LogP contribution in [-0.4, -0.2) is 12.7 Å². The SMILES string of the molecule is FC(F)(F)CCCNCc1cc(Br)ccc1Cl. The van der Waals surface area contributed by atoms with Gasteiger partial charge in [-0.1, -0.05) is 27.5 Å². The summed E-state index contributed by atoms with van der Waals surface area (Å²) in [6, 6.07) is 5.41. The van der Waals surface area contributed by atoms with Gasteiger partial charge in [0.25, 0.3) is 0 Å². The highest BCUT2D eigenvalue weighted by molar-refractivity contribution is 9.10. The van der Waals surface area contributed by atoms with E-state index in [1.807, 2.05) is 12.1 Å². The summed E-state index contributed by atoms with van der Waals surface area (Å²) >= 11 is 9.25. The quantitative estimate of drug-likeness (QED) is 0.782. The van der Waals surface area contributed by atoms with Crippen LogP contribution in [0.15, 0.2) is 22.7 Å². The second-order valence-electron chi connectivity index (χ2n) is 3.63. The Labute approximate surface area is 111 Å². The normalized spacial score (nSPS) is 11.8. The largest absolute Gasteiger partial charge is 0.389 e. The predicted molar refractivity (Wildman–Crippen MR) is 66.1 cm³/mol. The van der Waals surface area contributed by atoms with Crippen molar-refractivity contribution in [1.82, 2.24) is 5.32 Å². The molecule has 6 heteroatoms. The number of halogens is 5. The maximum Gasteiger partial charge on any atom is 0.389 e. The Morgan fingerprint density at radius 3 is 2.65 bits per heavy atom. The molecular formula is C11H12BrClF3N. The molecule has 1 aromatic carbocycles. The Hall–Kier alpha value is -0.260. The summed E-state index contributed by atoms with van der Waals surface area (Å²) in [5, 5.41) is 3.54. The van der Waals surface area contributed by atoms with Crippen molar-refractivity contribution in [3.8, 4) is 0 Å². The molecule has 0 spiro atoms. The summed E-state index contributed by atoms with van der Waals surface area (Å²) in [4.78, 5) is 0. The van der Waals surface area contributed by atoms with E-state index in [2.05, 4.69) is 21.2 Å². The van der Waals surface area contributed by atoms with Crippen LogP contribution in [0, 0.1) is 0 Å². The van der Waals surface area contributed by atoms with E-state index in [0.717, 1.165) is 10.0 Å². The van der Waals surface area contributed by atoms with Crippen molar-refractivity contribution in [2.75, 3.05) is 6.54 Å². The zero-order chi connectivity index (χ0) is 12.9. The zero-order valence-electron chi connectivity index (χ0n) is 8.95. The van der Waals surface area contributed by atoms with Gasteiger partial charge in [-0.2, -0.15) is 13.2 Å². The van der Waals surface area contributed by atoms with Crippen LogP contribution in [0.3, 0.4) is 0 Å². The Balaban J connectivity index is 2.29. The summed E-state index contributed by atoms with van der Waals surface area (Å²) in [6.07, 6.45) is -4.75. The lowest BCUT2D eigenvalue weighted by Crippen LogP contribution is -2.17. The first kappa shape index (κ1) is 14.8. The van der Waals surface area contributed by atoms with Gasteiger partial charge in [0.2, 0.25) is 0 Å². The third kappa shape index (κ3) is 6.29.